The van der Waals surface area contributed by atoms with Gasteiger partial charge in [-0.25, -0.2) is 8.42 Å². The van der Waals surface area contributed by atoms with Crippen LogP contribution in [0.2, 0.25) is 0 Å². The molecule has 0 amide bonds. The first kappa shape index (κ1) is 20.4. The topological polar surface area (TPSA) is 90.6 Å². The highest BCUT2D eigenvalue weighted by atomic mass is 32.2. The van der Waals surface area contributed by atoms with Crippen LogP contribution < -0.4 is 4.31 Å². The lowest BCUT2D eigenvalue weighted by atomic mass is 9.75. The molecule has 4 rings (SSSR count). The fraction of sp³-hybridized carbons (Fsp3) is 0.632. The monoisotopic (exact) mass is 430 g/mol. The lowest BCUT2D eigenvalue weighted by Gasteiger charge is -2.39. The smallest absolute Gasteiger partial charge is 0.393 e. The van der Waals surface area contributed by atoms with E-state index in [0.29, 0.717) is 12.8 Å². The largest absolute Gasteiger partial charge is 0.417 e. The number of fused-ring (bicyclic) bond motifs is 5. The molecule has 1 aliphatic heterocycles. The SMILES string of the molecule is COCC[C@@]12[C@@H](CN(c3ccc(C#N)c(C(F)(F)F)c3)S1(=O)=O)[C@H]1C[C@H](O)[C@@H]2C1. The summed E-state index contributed by atoms with van der Waals surface area (Å²) in [6.45, 7) is 0.254. The zero-order chi connectivity index (χ0) is 21.2. The Kier molecular flexibility index (Phi) is 4.64. The number of alkyl halides is 3. The summed E-state index contributed by atoms with van der Waals surface area (Å²) in [7, 11) is -2.59. The highest BCUT2D eigenvalue weighted by Crippen LogP contribution is 2.63. The normalized spacial score (nSPS) is 35.0. The van der Waals surface area contributed by atoms with Crippen molar-refractivity contribution in [2.75, 3.05) is 24.6 Å². The lowest BCUT2D eigenvalue weighted by Crippen LogP contribution is -2.52. The van der Waals surface area contributed by atoms with Gasteiger partial charge in [-0.3, -0.25) is 4.31 Å². The highest BCUT2D eigenvalue weighted by molar-refractivity contribution is 7.94. The molecule has 1 heterocycles. The predicted molar refractivity (Wildman–Crippen MR) is 97.4 cm³/mol. The van der Waals surface area contributed by atoms with Gasteiger partial charge in [0, 0.05) is 32.1 Å². The number of hydrogen-bond acceptors (Lipinski definition) is 5. The van der Waals surface area contributed by atoms with Gasteiger partial charge in [0.2, 0.25) is 10.0 Å². The number of anilines is 1. The van der Waals surface area contributed by atoms with Crippen molar-refractivity contribution in [3.8, 4) is 6.07 Å². The standard InChI is InChI=1S/C19H21F3N2O4S/c1-28-5-4-18-15-6-12(7-17(15)25)16(18)10-24(29(18,26)27)13-3-2-11(9-23)14(8-13)19(20,21)22/h2-3,8,12,15-17,25H,4-7,10H2,1H3/t12-,15+,16+,17+,18-/m1/s1. The maximum Gasteiger partial charge on any atom is 0.417 e. The van der Waals surface area contributed by atoms with Gasteiger partial charge in [-0.2, -0.15) is 18.4 Å². The van der Waals surface area contributed by atoms with Crippen LogP contribution in [0.1, 0.15) is 30.4 Å². The quantitative estimate of drug-likeness (QED) is 0.793. The molecule has 6 nitrogen and oxygen atoms in total. The van der Waals surface area contributed by atoms with E-state index in [9.17, 15) is 26.7 Å². The fourth-order valence-electron chi connectivity index (χ4n) is 5.77. The number of hydrogen-bond donors (Lipinski definition) is 1. The third-order valence-electron chi connectivity index (χ3n) is 6.94. The minimum Gasteiger partial charge on any atom is -0.393 e. The van der Waals surface area contributed by atoms with Gasteiger partial charge in [0.05, 0.1) is 29.0 Å². The van der Waals surface area contributed by atoms with Crippen LogP contribution in [0.15, 0.2) is 18.2 Å². The second kappa shape index (κ2) is 6.59. The van der Waals surface area contributed by atoms with Gasteiger partial charge in [-0.05, 0) is 43.4 Å². The maximum atomic E-state index is 13.7. The Bertz CT molecular complexity index is 975. The van der Waals surface area contributed by atoms with Gasteiger partial charge < -0.3 is 9.84 Å². The first-order valence-corrected chi connectivity index (χ1v) is 10.8. The van der Waals surface area contributed by atoms with Crippen LogP contribution in [0.5, 0.6) is 0 Å². The molecule has 3 aliphatic rings. The van der Waals surface area contributed by atoms with Crippen LogP contribution >= 0.6 is 0 Å². The number of rotatable bonds is 4. The summed E-state index contributed by atoms with van der Waals surface area (Å²) in [6, 6.07) is 4.50. The molecule has 2 aliphatic carbocycles. The lowest BCUT2D eigenvalue weighted by molar-refractivity contribution is -0.137. The van der Waals surface area contributed by atoms with Crippen LogP contribution in [0.4, 0.5) is 18.9 Å². The first-order valence-electron chi connectivity index (χ1n) is 9.38. The van der Waals surface area contributed by atoms with E-state index >= 15 is 0 Å². The van der Waals surface area contributed by atoms with E-state index in [1.54, 1.807) is 0 Å². The number of aliphatic hydroxyl groups is 1. The molecule has 0 unspecified atom stereocenters. The van der Waals surface area contributed by atoms with Crippen molar-refractivity contribution in [2.45, 2.75) is 36.3 Å². The summed E-state index contributed by atoms with van der Waals surface area (Å²) in [6.07, 6.45) is -4.22. The number of ether oxygens (including phenoxy) is 1. The van der Waals surface area contributed by atoms with Crippen LogP contribution in [-0.2, 0) is 20.9 Å². The van der Waals surface area contributed by atoms with E-state index < -0.39 is 44.1 Å². The van der Waals surface area contributed by atoms with Crippen LogP contribution in [0.3, 0.4) is 0 Å². The summed E-state index contributed by atoms with van der Waals surface area (Å²) in [5, 5.41) is 19.4. The van der Waals surface area contributed by atoms with Gasteiger partial charge in [0.15, 0.2) is 0 Å². The summed E-state index contributed by atoms with van der Waals surface area (Å²) in [5.41, 5.74) is -1.81. The van der Waals surface area contributed by atoms with E-state index in [4.69, 9.17) is 10.00 Å². The molecule has 2 saturated carbocycles. The van der Waals surface area contributed by atoms with E-state index in [1.807, 2.05) is 0 Å². The number of nitrogens with zero attached hydrogens (tertiary/aromatic N) is 2. The molecule has 0 radical (unpaired) electrons. The van der Waals surface area contributed by atoms with Gasteiger partial charge in [0.1, 0.15) is 4.75 Å². The minimum atomic E-state index is -4.77. The summed E-state index contributed by atoms with van der Waals surface area (Å²) in [5.74, 6) is -0.726. The molecule has 158 valence electrons. The molecule has 3 fully saturated rings. The summed E-state index contributed by atoms with van der Waals surface area (Å²) in [4.78, 5) is 0. The molecular formula is C19H21F3N2O4S. The third-order valence-corrected chi connectivity index (χ3v) is 9.65. The Labute approximate surface area is 166 Å². The van der Waals surface area contributed by atoms with Crippen molar-refractivity contribution in [3.05, 3.63) is 29.3 Å². The Morgan fingerprint density at radius 2 is 2.07 bits per heavy atom. The third kappa shape index (κ3) is 2.71. The minimum absolute atomic E-state index is 0.00657. The van der Waals surface area contributed by atoms with Crippen LogP contribution in [0, 0.1) is 29.1 Å². The highest BCUT2D eigenvalue weighted by Gasteiger charge is 2.72. The molecule has 5 atom stereocenters. The number of halogens is 3. The van der Waals surface area contributed by atoms with E-state index in [1.165, 1.54) is 19.2 Å². The van der Waals surface area contributed by atoms with Gasteiger partial charge >= 0.3 is 6.18 Å². The van der Waals surface area contributed by atoms with Crippen LogP contribution in [-0.4, -0.2) is 44.6 Å². The number of methoxy groups -OCH3 is 1. The van der Waals surface area contributed by atoms with Crippen molar-refractivity contribution in [1.29, 1.82) is 5.26 Å². The number of sulfonamides is 1. The Morgan fingerprint density at radius 1 is 1.34 bits per heavy atom. The van der Waals surface area contributed by atoms with E-state index in [2.05, 4.69) is 0 Å². The zero-order valence-corrected chi connectivity index (χ0v) is 16.5. The van der Waals surface area contributed by atoms with E-state index in [0.717, 1.165) is 16.4 Å². The molecule has 0 aromatic heterocycles. The summed E-state index contributed by atoms with van der Waals surface area (Å²) < 4.78 is 72.4. The number of aliphatic hydroxyl groups excluding tert-OH is 1. The number of benzene rings is 1. The molecule has 1 N–H and O–H groups in total. The molecule has 1 aromatic rings. The van der Waals surface area contributed by atoms with Gasteiger partial charge in [-0.1, -0.05) is 0 Å². The second-order valence-corrected chi connectivity index (χ2v) is 10.2. The first-order chi connectivity index (χ1) is 13.6. The molecule has 0 spiro atoms. The van der Waals surface area contributed by atoms with E-state index in [-0.39, 0.29) is 37.1 Å². The zero-order valence-electron chi connectivity index (χ0n) is 15.7. The molecule has 10 heteroatoms. The Hall–Kier alpha value is -1.83. The van der Waals surface area contributed by atoms with Crippen molar-refractivity contribution < 1.29 is 31.4 Å². The second-order valence-electron chi connectivity index (χ2n) is 8.09. The number of nitriles is 1. The maximum absolute atomic E-state index is 13.7. The molecule has 1 saturated heterocycles. The van der Waals surface area contributed by atoms with Gasteiger partial charge in [0.25, 0.3) is 0 Å². The summed E-state index contributed by atoms with van der Waals surface area (Å²) >= 11 is 0. The van der Waals surface area contributed by atoms with Crippen molar-refractivity contribution in [3.63, 3.8) is 0 Å². The molecule has 29 heavy (non-hydrogen) atoms. The average Bonchev–Trinajstić information content (AvgIpc) is 3.25. The molecule has 1 aromatic carbocycles. The van der Waals surface area contributed by atoms with Crippen molar-refractivity contribution in [2.24, 2.45) is 17.8 Å². The van der Waals surface area contributed by atoms with Crippen LogP contribution in [0.25, 0.3) is 0 Å². The average molecular weight is 430 g/mol. The molecule has 2 bridgehead atoms. The molecular weight excluding hydrogens is 409 g/mol. The Morgan fingerprint density at radius 3 is 2.69 bits per heavy atom. The predicted octanol–water partition coefficient (Wildman–Crippen LogP) is 2.52. The van der Waals surface area contributed by atoms with Gasteiger partial charge in [-0.15, -0.1) is 0 Å². The van der Waals surface area contributed by atoms with Crippen molar-refractivity contribution in [1.82, 2.24) is 0 Å². The Balaban J connectivity index is 1.82. The van der Waals surface area contributed by atoms with Crippen molar-refractivity contribution >= 4 is 15.7 Å². The fourth-order valence-corrected chi connectivity index (χ4v) is 8.56.